The summed E-state index contributed by atoms with van der Waals surface area (Å²) < 4.78 is 5.60. The zero-order chi connectivity index (χ0) is 24.4. The topological polar surface area (TPSA) is 105 Å². The lowest BCUT2D eigenvalue weighted by Crippen LogP contribution is -2.56. The summed E-state index contributed by atoms with van der Waals surface area (Å²) in [6.07, 6.45) is 6.83. The second-order valence-electron chi connectivity index (χ2n) is 9.74. The number of benzene rings is 2. The summed E-state index contributed by atoms with van der Waals surface area (Å²) in [7, 11) is 0. The molecule has 2 aromatic carbocycles. The molecule has 3 aliphatic rings. The lowest BCUT2D eigenvalue weighted by Gasteiger charge is -2.34. The molecule has 0 aliphatic heterocycles. The number of carboxylic acid groups (broad SMARTS) is 1. The number of hydrogen-bond donors (Lipinski definition) is 3. The maximum absolute atomic E-state index is 12.8. The van der Waals surface area contributed by atoms with Crippen LogP contribution in [0.1, 0.15) is 55.6 Å². The van der Waals surface area contributed by atoms with Gasteiger partial charge in [-0.05, 0) is 41.5 Å². The number of fused-ring (bicyclic) bond motifs is 3. The molecule has 7 heteroatoms. The number of carbonyl (C=O) groups is 3. The summed E-state index contributed by atoms with van der Waals surface area (Å²) in [6, 6.07) is 16.0. The van der Waals surface area contributed by atoms with Crippen LogP contribution in [0.2, 0.25) is 0 Å². The highest BCUT2D eigenvalue weighted by molar-refractivity contribution is 5.89. The van der Waals surface area contributed by atoms with E-state index in [0.717, 1.165) is 30.4 Å². The van der Waals surface area contributed by atoms with Gasteiger partial charge in [-0.1, -0.05) is 79.9 Å². The van der Waals surface area contributed by atoms with E-state index in [2.05, 4.69) is 34.9 Å². The number of carboxylic acids is 1. The van der Waals surface area contributed by atoms with E-state index in [1.165, 1.54) is 11.1 Å². The van der Waals surface area contributed by atoms with Crippen LogP contribution in [0.4, 0.5) is 4.79 Å². The largest absolute Gasteiger partial charge is 0.480 e. The monoisotopic (exact) mass is 474 g/mol. The Morgan fingerprint density at radius 3 is 2.17 bits per heavy atom. The number of amides is 2. The van der Waals surface area contributed by atoms with Gasteiger partial charge in [0.2, 0.25) is 5.91 Å². The molecule has 0 spiro atoms. The number of carbonyl (C=O) groups excluding carboxylic acids is 2. The third kappa shape index (κ3) is 4.55. The second kappa shape index (κ2) is 9.56. The van der Waals surface area contributed by atoms with Crippen molar-refractivity contribution in [3.8, 4) is 11.1 Å². The molecular weight excluding hydrogens is 444 g/mol. The van der Waals surface area contributed by atoms with Crippen molar-refractivity contribution in [2.75, 3.05) is 6.61 Å². The maximum atomic E-state index is 12.8. The molecule has 0 saturated heterocycles. The zero-order valence-electron chi connectivity index (χ0n) is 19.5. The van der Waals surface area contributed by atoms with E-state index >= 15 is 0 Å². The molecule has 5 rings (SSSR count). The van der Waals surface area contributed by atoms with E-state index < -0.39 is 23.5 Å². The van der Waals surface area contributed by atoms with Crippen LogP contribution in [0, 0.1) is 5.92 Å². The maximum Gasteiger partial charge on any atom is 0.407 e. The number of ether oxygens (including phenoxy) is 1. The van der Waals surface area contributed by atoms with E-state index in [1.807, 2.05) is 24.3 Å². The van der Waals surface area contributed by atoms with Crippen LogP contribution in [0.25, 0.3) is 11.1 Å². The van der Waals surface area contributed by atoms with Gasteiger partial charge in [-0.2, -0.15) is 0 Å². The average Bonchev–Trinajstić information content (AvgIpc) is 3.46. The lowest BCUT2D eigenvalue weighted by molar-refractivity contribution is -0.149. The molecule has 0 bridgehead atoms. The summed E-state index contributed by atoms with van der Waals surface area (Å²) in [4.78, 5) is 37.3. The van der Waals surface area contributed by atoms with Gasteiger partial charge in [0, 0.05) is 5.92 Å². The molecule has 2 atom stereocenters. The van der Waals surface area contributed by atoms with Crippen molar-refractivity contribution in [2.24, 2.45) is 5.92 Å². The van der Waals surface area contributed by atoms with Crippen molar-refractivity contribution in [3.63, 3.8) is 0 Å². The molecule has 3 aliphatic carbocycles. The van der Waals surface area contributed by atoms with Crippen LogP contribution in [-0.2, 0) is 14.3 Å². The van der Waals surface area contributed by atoms with Gasteiger partial charge in [-0.3, -0.25) is 4.79 Å². The van der Waals surface area contributed by atoms with Crippen LogP contribution < -0.4 is 10.6 Å². The Morgan fingerprint density at radius 1 is 0.914 bits per heavy atom. The fourth-order valence-electron chi connectivity index (χ4n) is 5.67. The molecule has 1 saturated carbocycles. The fourth-order valence-corrected chi connectivity index (χ4v) is 5.67. The van der Waals surface area contributed by atoms with Crippen LogP contribution in [0.5, 0.6) is 0 Å². The summed E-state index contributed by atoms with van der Waals surface area (Å²) >= 11 is 0. The van der Waals surface area contributed by atoms with E-state index in [9.17, 15) is 19.5 Å². The summed E-state index contributed by atoms with van der Waals surface area (Å²) in [5.41, 5.74) is 3.45. The minimum Gasteiger partial charge on any atom is -0.480 e. The van der Waals surface area contributed by atoms with Crippen molar-refractivity contribution >= 4 is 18.0 Å². The molecule has 182 valence electrons. The Balaban J connectivity index is 1.15. The second-order valence-corrected chi connectivity index (χ2v) is 9.74. The Morgan fingerprint density at radius 2 is 1.54 bits per heavy atom. The molecule has 3 N–H and O–H groups in total. The van der Waals surface area contributed by atoms with Gasteiger partial charge in [0.25, 0.3) is 0 Å². The van der Waals surface area contributed by atoms with E-state index in [-0.39, 0.29) is 24.5 Å². The Bertz CT molecular complexity index is 1120. The van der Waals surface area contributed by atoms with Crippen molar-refractivity contribution < 1.29 is 24.2 Å². The third-order valence-corrected chi connectivity index (χ3v) is 7.55. The third-order valence-electron chi connectivity index (χ3n) is 7.55. The lowest BCUT2D eigenvalue weighted by atomic mass is 9.81. The van der Waals surface area contributed by atoms with Crippen LogP contribution in [-0.4, -0.2) is 41.3 Å². The Kier molecular flexibility index (Phi) is 6.32. The summed E-state index contributed by atoms with van der Waals surface area (Å²) in [5.74, 6) is -1.77. The van der Waals surface area contributed by atoms with Gasteiger partial charge < -0.3 is 20.5 Å². The molecule has 2 unspecified atom stereocenters. The quantitative estimate of drug-likeness (QED) is 0.539. The molecular formula is C28H30N2O5. The standard InChI is InChI=1S/C28H30N2O5/c31-25(30-28(26(32)33)14-6-1-7-15-28)18-12-13-19(16-18)29-27(34)35-17-24-22-10-4-2-8-20(22)21-9-3-5-11-23(21)24/h2-5,8-13,18-19,24H,1,6-7,14-17H2,(H,29,34)(H,30,31)(H,32,33). The molecule has 1 fully saturated rings. The molecule has 0 heterocycles. The number of nitrogens with one attached hydrogen (secondary N) is 2. The van der Waals surface area contributed by atoms with Gasteiger partial charge >= 0.3 is 12.1 Å². The number of rotatable bonds is 6. The highest BCUT2D eigenvalue weighted by atomic mass is 16.5. The average molecular weight is 475 g/mol. The smallest absolute Gasteiger partial charge is 0.407 e. The first-order valence-corrected chi connectivity index (χ1v) is 12.3. The Labute approximate surface area is 204 Å². The number of aliphatic carboxylic acids is 1. The molecule has 0 aromatic heterocycles. The minimum absolute atomic E-state index is 0.0199. The first-order valence-electron chi connectivity index (χ1n) is 12.3. The van der Waals surface area contributed by atoms with Gasteiger partial charge in [0.05, 0.1) is 12.0 Å². The van der Waals surface area contributed by atoms with Gasteiger partial charge in [-0.15, -0.1) is 0 Å². The Hall–Kier alpha value is -3.61. The first-order chi connectivity index (χ1) is 17.0. The van der Waals surface area contributed by atoms with Crippen LogP contribution in [0.15, 0.2) is 60.7 Å². The van der Waals surface area contributed by atoms with Crippen molar-refractivity contribution in [1.82, 2.24) is 10.6 Å². The van der Waals surface area contributed by atoms with Gasteiger partial charge in [0.15, 0.2) is 0 Å². The van der Waals surface area contributed by atoms with Crippen molar-refractivity contribution in [2.45, 2.75) is 56.0 Å². The van der Waals surface area contributed by atoms with Gasteiger partial charge in [-0.25, -0.2) is 9.59 Å². The first kappa shape index (κ1) is 23.1. The number of alkyl carbamates (subject to hydrolysis) is 1. The van der Waals surface area contributed by atoms with Crippen molar-refractivity contribution in [1.29, 1.82) is 0 Å². The molecule has 2 amide bonds. The summed E-state index contributed by atoms with van der Waals surface area (Å²) in [6.45, 7) is 0.224. The van der Waals surface area contributed by atoms with E-state index in [0.29, 0.717) is 19.3 Å². The van der Waals surface area contributed by atoms with E-state index in [1.54, 1.807) is 12.2 Å². The molecule has 2 aromatic rings. The molecule has 7 nitrogen and oxygen atoms in total. The van der Waals surface area contributed by atoms with Crippen molar-refractivity contribution in [3.05, 3.63) is 71.8 Å². The molecule has 35 heavy (non-hydrogen) atoms. The van der Waals surface area contributed by atoms with Gasteiger partial charge in [0.1, 0.15) is 12.1 Å². The fraction of sp³-hybridized carbons (Fsp3) is 0.393. The predicted molar refractivity (Wildman–Crippen MR) is 131 cm³/mol. The minimum atomic E-state index is -1.18. The number of hydrogen-bond acceptors (Lipinski definition) is 4. The highest BCUT2D eigenvalue weighted by Gasteiger charge is 2.42. The highest BCUT2D eigenvalue weighted by Crippen LogP contribution is 2.44. The van der Waals surface area contributed by atoms with Crippen LogP contribution >= 0.6 is 0 Å². The molecule has 0 radical (unpaired) electrons. The SMILES string of the molecule is O=C(NC1C=CC(C(=O)NC2(C(=O)O)CCCCC2)C1)OCC1c2ccccc2-c2ccccc21. The van der Waals surface area contributed by atoms with Crippen LogP contribution in [0.3, 0.4) is 0 Å². The predicted octanol–water partition coefficient (Wildman–Crippen LogP) is 4.37. The van der Waals surface area contributed by atoms with E-state index in [4.69, 9.17) is 4.74 Å². The normalized spacial score (nSPS) is 22.2. The summed E-state index contributed by atoms with van der Waals surface area (Å²) in [5, 5.41) is 15.3. The zero-order valence-corrected chi connectivity index (χ0v) is 19.5.